The maximum atomic E-state index is 13.1. The average Bonchev–Trinajstić information content (AvgIpc) is 2.98. The molecule has 0 spiro atoms. The highest BCUT2D eigenvalue weighted by atomic mass is 16.5. The molecule has 3 aromatic rings. The standard InChI is InChI=1S/C24H23N3O4/c1-15-4-9-19(10-5-15)25-21(28)14-27-22(29)24(2,26-23(27)30)18-8-6-17-13-20(31-3)11-7-16(17)12-18/h4-13H,14H2,1-3H3,(H,25,28)(H,26,30)/t24-/m1/s1. The second-order valence-electron chi connectivity index (χ2n) is 7.79. The first kappa shape index (κ1) is 20.4. The van der Waals surface area contributed by atoms with Crippen LogP contribution in [0.3, 0.4) is 0 Å². The van der Waals surface area contributed by atoms with Crippen molar-refractivity contribution in [2.24, 2.45) is 0 Å². The summed E-state index contributed by atoms with van der Waals surface area (Å²) >= 11 is 0. The van der Waals surface area contributed by atoms with Crippen molar-refractivity contribution in [2.45, 2.75) is 19.4 Å². The molecule has 158 valence electrons. The first-order valence-corrected chi connectivity index (χ1v) is 9.89. The Bertz CT molecular complexity index is 1190. The molecule has 3 aromatic carbocycles. The molecule has 0 aromatic heterocycles. The van der Waals surface area contributed by atoms with Gasteiger partial charge < -0.3 is 15.4 Å². The summed E-state index contributed by atoms with van der Waals surface area (Å²) in [6.45, 7) is 3.23. The zero-order valence-corrected chi connectivity index (χ0v) is 17.6. The number of anilines is 1. The summed E-state index contributed by atoms with van der Waals surface area (Å²) in [5.41, 5.74) is 1.06. The van der Waals surface area contributed by atoms with E-state index in [9.17, 15) is 14.4 Å². The van der Waals surface area contributed by atoms with Crippen molar-refractivity contribution in [1.82, 2.24) is 10.2 Å². The van der Waals surface area contributed by atoms with Crippen LogP contribution in [0.5, 0.6) is 5.75 Å². The summed E-state index contributed by atoms with van der Waals surface area (Å²) in [4.78, 5) is 39.1. The van der Waals surface area contributed by atoms with Gasteiger partial charge in [-0.2, -0.15) is 0 Å². The predicted octanol–water partition coefficient (Wildman–Crippen LogP) is 3.56. The number of benzene rings is 3. The largest absolute Gasteiger partial charge is 0.497 e. The highest BCUT2D eigenvalue weighted by molar-refractivity contribution is 6.10. The molecular formula is C24H23N3O4. The summed E-state index contributed by atoms with van der Waals surface area (Å²) in [5.74, 6) is -0.172. The van der Waals surface area contributed by atoms with Crippen LogP contribution < -0.4 is 15.4 Å². The number of carbonyl (C=O) groups is 3. The van der Waals surface area contributed by atoms with Crippen molar-refractivity contribution in [1.29, 1.82) is 0 Å². The number of hydrogen-bond acceptors (Lipinski definition) is 4. The fraction of sp³-hybridized carbons (Fsp3) is 0.208. The summed E-state index contributed by atoms with van der Waals surface area (Å²) in [5, 5.41) is 7.33. The molecule has 1 aliphatic rings. The van der Waals surface area contributed by atoms with Crippen LogP contribution in [0.25, 0.3) is 10.8 Å². The topological polar surface area (TPSA) is 87.7 Å². The van der Waals surface area contributed by atoms with E-state index in [4.69, 9.17) is 4.74 Å². The summed E-state index contributed by atoms with van der Waals surface area (Å²) in [7, 11) is 1.60. The molecule has 0 saturated carbocycles. The summed E-state index contributed by atoms with van der Waals surface area (Å²) in [6.07, 6.45) is 0. The van der Waals surface area contributed by atoms with Gasteiger partial charge >= 0.3 is 6.03 Å². The van der Waals surface area contributed by atoms with Gasteiger partial charge in [0.1, 0.15) is 17.8 Å². The fourth-order valence-electron chi connectivity index (χ4n) is 3.68. The lowest BCUT2D eigenvalue weighted by Gasteiger charge is -2.22. The molecule has 7 nitrogen and oxygen atoms in total. The van der Waals surface area contributed by atoms with Crippen LogP contribution in [-0.4, -0.2) is 36.4 Å². The minimum absolute atomic E-state index is 0.362. The zero-order chi connectivity index (χ0) is 22.2. The second kappa shape index (κ2) is 7.75. The van der Waals surface area contributed by atoms with Gasteiger partial charge in [0.15, 0.2) is 0 Å². The molecule has 1 heterocycles. The van der Waals surface area contributed by atoms with Gasteiger partial charge in [0, 0.05) is 5.69 Å². The van der Waals surface area contributed by atoms with Gasteiger partial charge in [-0.3, -0.25) is 14.5 Å². The lowest BCUT2D eigenvalue weighted by atomic mass is 9.90. The minimum Gasteiger partial charge on any atom is -0.497 e. The quantitative estimate of drug-likeness (QED) is 0.622. The minimum atomic E-state index is -1.25. The van der Waals surface area contributed by atoms with Crippen molar-refractivity contribution in [3.05, 3.63) is 71.8 Å². The molecule has 4 amide bonds. The van der Waals surface area contributed by atoms with Crippen LogP contribution in [-0.2, 0) is 15.1 Å². The Morgan fingerprint density at radius 3 is 2.42 bits per heavy atom. The van der Waals surface area contributed by atoms with Crippen molar-refractivity contribution < 1.29 is 19.1 Å². The monoisotopic (exact) mass is 417 g/mol. The molecule has 0 unspecified atom stereocenters. The predicted molar refractivity (Wildman–Crippen MR) is 118 cm³/mol. The number of urea groups is 1. The number of carbonyl (C=O) groups excluding carboxylic acids is 3. The molecule has 1 fully saturated rings. The Labute approximate surface area is 180 Å². The van der Waals surface area contributed by atoms with Crippen LogP contribution >= 0.6 is 0 Å². The number of hydrogen-bond donors (Lipinski definition) is 2. The lowest BCUT2D eigenvalue weighted by molar-refractivity contribution is -0.133. The Morgan fingerprint density at radius 2 is 1.71 bits per heavy atom. The van der Waals surface area contributed by atoms with E-state index in [1.807, 2.05) is 49.4 Å². The molecule has 0 bridgehead atoms. The smallest absolute Gasteiger partial charge is 0.325 e. The van der Waals surface area contributed by atoms with E-state index in [2.05, 4.69) is 10.6 Å². The molecular weight excluding hydrogens is 394 g/mol. The third-order valence-corrected chi connectivity index (χ3v) is 5.54. The molecule has 1 aliphatic heterocycles. The fourth-order valence-corrected chi connectivity index (χ4v) is 3.68. The van der Waals surface area contributed by atoms with Gasteiger partial charge in [-0.15, -0.1) is 0 Å². The van der Waals surface area contributed by atoms with E-state index in [1.54, 1.807) is 32.2 Å². The van der Waals surface area contributed by atoms with Gasteiger partial charge in [0.25, 0.3) is 5.91 Å². The third-order valence-electron chi connectivity index (χ3n) is 5.54. The van der Waals surface area contributed by atoms with Gasteiger partial charge in [0.2, 0.25) is 5.91 Å². The Hall–Kier alpha value is -3.87. The van der Waals surface area contributed by atoms with E-state index in [1.165, 1.54) is 0 Å². The maximum absolute atomic E-state index is 13.1. The van der Waals surface area contributed by atoms with Crippen molar-refractivity contribution in [3.63, 3.8) is 0 Å². The number of nitrogens with zero attached hydrogens (tertiary/aromatic N) is 1. The van der Waals surface area contributed by atoms with Crippen LogP contribution in [0.15, 0.2) is 60.7 Å². The molecule has 2 N–H and O–H groups in total. The van der Waals surface area contributed by atoms with Crippen LogP contribution in [0.4, 0.5) is 10.5 Å². The molecule has 7 heteroatoms. The van der Waals surface area contributed by atoms with Crippen molar-refractivity contribution in [2.75, 3.05) is 19.0 Å². The molecule has 1 saturated heterocycles. The number of methoxy groups -OCH3 is 1. The van der Waals surface area contributed by atoms with E-state index < -0.39 is 23.4 Å². The third kappa shape index (κ3) is 3.82. The average molecular weight is 417 g/mol. The van der Waals surface area contributed by atoms with E-state index in [0.29, 0.717) is 11.3 Å². The van der Waals surface area contributed by atoms with Gasteiger partial charge in [-0.1, -0.05) is 35.9 Å². The number of nitrogens with one attached hydrogen (secondary N) is 2. The Morgan fingerprint density at radius 1 is 1.03 bits per heavy atom. The number of fused-ring (bicyclic) bond motifs is 1. The van der Waals surface area contributed by atoms with Gasteiger partial charge in [-0.05, 0) is 60.5 Å². The van der Waals surface area contributed by atoms with E-state index >= 15 is 0 Å². The summed E-state index contributed by atoms with van der Waals surface area (Å²) in [6, 6.07) is 17.9. The first-order chi connectivity index (χ1) is 14.8. The number of imide groups is 1. The lowest BCUT2D eigenvalue weighted by Crippen LogP contribution is -2.42. The zero-order valence-electron chi connectivity index (χ0n) is 17.6. The molecule has 31 heavy (non-hydrogen) atoms. The highest BCUT2D eigenvalue weighted by Crippen LogP contribution is 2.32. The highest BCUT2D eigenvalue weighted by Gasteiger charge is 2.49. The molecule has 0 radical (unpaired) electrons. The van der Waals surface area contributed by atoms with Gasteiger partial charge in [0.05, 0.1) is 7.11 Å². The van der Waals surface area contributed by atoms with E-state index in [0.717, 1.165) is 27.0 Å². The van der Waals surface area contributed by atoms with Crippen molar-refractivity contribution in [3.8, 4) is 5.75 Å². The second-order valence-corrected chi connectivity index (χ2v) is 7.79. The van der Waals surface area contributed by atoms with Crippen LogP contribution in [0.2, 0.25) is 0 Å². The Kier molecular flexibility index (Phi) is 5.10. The van der Waals surface area contributed by atoms with Gasteiger partial charge in [-0.25, -0.2) is 4.79 Å². The number of aryl methyl sites for hydroxylation is 1. The van der Waals surface area contributed by atoms with Crippen LogP contribution in [0.1, 0.15) is 18.1 Å². The molecule has 1 atom stereocenters. The summed E-state index contributed by atoms with van der Waals surface area (Å²) < 4.78 is 5.25. The number of rotatable bonds is 5. The van der Waals surface area contributed by atoms with E-state index in [-0.39, 0.29) is 6.54 Å². The maximum Gasteiger partial charge on any atom is 0.325 e. The molecule has 0 aliphatic carbocycles. The first-order valence-electron chi connectivity index (χ1n) is 9.89. The SMILES string of the molecule is COc1ccc2cc([C@@]3(C)NC(=O)N(CC(=O)Nc4ccc(C)cc4)C3=O)ccc2c1. The normalized spacial score (nSPS) is 18.2. The van der Waals surface area contributed by atoms with Crippen molar-refractivity contribution >= 4 is 34.3 Å². The van der Waals surface area contributed by atoms with Crippen LogP contribution in [0, 0.1) is 6.92 Å². The Balaban J connectivity index is 1.54. The molecule has 4 rings (SSSR count). The number of ether oxygens (including phenoxy) is 1. The number of amides is 4.